The van der Waals surface area contributed by atoms with E-state index in [9.17, 15) is 4.79 Å². The highest BCUT2D eigenvalue weighted by Gasteiger charge is 2.14. The van der Waals surface area contributed by atoms with Crippen LogP contribution in [0.3, 0.4) is 0 Å². The molecule has 0 saturated carbocycles. The molecule has 0 atom stereocenters. The Kier molecular flexibility index (Phi) is 6.07. The van der Waals surface area contributed by atoms with Crippen LogP contribution in [0.2, 0.25) is 0 Å². The molecule has 2 aromatic carbocycles. The fourth-order valence-electron chi connectivity index (χ4n) is 2.62. The van der Waals surface area contributed by atoms with Crippen molar-refractivity contribution < 1.29 is 9.53 Å². The lowest BCUT2D eigenvalue weighted by molar-refractivity contribution is 0.0512. The Labute approximate surface area is 157 Å². The Morgan fingerprint density at radius 2 is 1.88 bits per heavy atom. The number of hydrogen-bond donors (Lipinski definition) is 1. The zero-order valence-electron chi connectivity index (χ0n) is 14.9. The minimum absolute atomic E-state index is 0.0809. The number of nitrogens with zero attached hydrogens (tertiary/aromatic N) is 2. The highest BCUT2D eigenvalue weighted by Crippen LogP contribution is 2.21. The van der Waals surface area contributed by atoms with Crippen LogP contribution in [-0.2, 0) is 11.2 Å². The van der Waals surface area contributed by atoms with Crippen molar-refractivity contribution in [1.29, 1.82) is 0 Å². The van der Waals surface area contributed by atoms with Gasteiger partial charge in [0.2, 0.25) is 5.82 Å². The van der Waals surface area contributed by atoms with Gasteiger partial charge in [0.15, 0.2) is 0 Å². The third-order valence-corrected chi connectivity index (χ3v) is 4.67. The van der Waals surface area contributed by atoms with Gasteiger partial charge in [-0.05, 0) is 49.4 Å². The molecule has 0 bridgehead atoms. The zero-order valence-corrected chi connectivity index (χ0v) is 15.7. The number of fused-ring (bicyclic) bond motifs is 1. The SMILES string of the molecule is CCOC(=O)c1nc(NCCc2ccc(SC)cc2)c2ccccc2n1. The number of nitrogens with one attached hydrogen (secondary N) is 1. The molecule has 5 nitrogen and oxygen atoms in total. The Balaban J connectivity index is 1.77. The molecule has 0 unspecified atom stereocenters. The van der Waals surface area contributed by atoms with E-state index in [2.05, 4.69) is 45.8 Å². The maximum absolute atomic E-state index is 12.0. The van der Waals surface area contributed by atoms with Crippen molar-refractivity contribution in [2.45, 2.75) is 18.2 Å². The average Bonchev–Trinajstić information content (AvgIpc) is 2.68. The fraction of sp³-hybridized carbons (Fsp3) is 0.250. The van der Waals surface area contributed by atoms with Gasteiger partial charge >= 0.3 is 5.97 Å². The lowest BCUT2D eigenvalue weighted by Gasteiger charge is -2.10. The summed E-state index contributed by atoms with van der Waals surface area (Å²) in [4.78, 5) is 22.0. The number of para-hydroxylation sites is 1. The predicted molar refractivity (Wildman–Crippen MR) is 106 cm³/mol. The van der Waals surface area contributed by atoms with Crippen LogP contribution in [0.5, 0.6) is 0 Å². The maximum atomic E-state index is 12.0. The Hall–Kier alpha value is -2.60. The van der Waals surface area contributed by atoms with Crippen LogP contribution in [0.1, 0.15) is 23.1 Å². The largest absolute Gasteiger partial charge is 0.460 e. The highest BCUT2D eigenvalue weighted by atomic mass is 32.2. The van der Waals surface area contributed by atoms with Gasteiger partial charge in [-0.3, -0.25) is 0 Å². The van der Waals surface area contributed by atoms with Crippen LogP contribution in [0.4, 0.5) is 5.82 Å². The van der Waals surface area contributed by atoms with E-state index in [1.807, 2.05) is 24.3 Å². The summed E-state index contributed by atoms with van der Waals surface area (Å²) in [7, 11) is 0. The van der Waals surface area contributed by atoms with E-state index in [-0.39, 0.29) is 5.82 Å². The molecule has 134 valence electrons. The molecule has 0 amide bonds. The van der Waals surface area contributed by atoms with Gasteiger partial charge in [0.25, 0.3) is 0 Å². The number of aromatic nitrogens is 2. The molecule has 3 aromatic rings. The van der Waals surface area contributed by atoms with Crippen molar-refractivity contribution >= 4 is 34.5 Å². The standard InChI is InChI=1S/C20H21N3O2S/c1-3-25-20(24)19-22-17-7-5-4-6-16(17)18(23-19)21-13-12-14-8-10-15(26-2)11-9-14/h4-11H,3,12-13H2,1-2H3,(H,21,22,23). The predicted octanol–water partition coefficient (Wildman–Crippen LogP) is 4.18. The van der Waals surface area contributed by atoms with E-state index in [1.54, 1.807) is 18.7 Å². The monoisotopic (exact) mass is 367 g/mol. The van der Waals surface area contributed by atoms with Gasteiger partial charge in [-0.25, -0.2) is 14.8 Å². The average molecular weight is 367 g/mol. The molecule has 3 rings (SSSR count). The Bertz CT molecular complexity index is 897. The molecule has 1 aromatic heterocycles. The van der Waals surface area contributed by atoms with Crippen molar-refractivity contribution in [2.24, 2.45) is 0 Å². The number of carbonyl (C=O) groups excluding carboxylic acids is 1. The second kappa shape index (κ2) is 8.67. The van der Waals surface area contributed by atoms with E-state index in [0.29, 0.717) is 19.0 Å². The van der Waals surface area contributed by atoms with Gasteiger partial charge in [0, 0.05) is 16.8 Å². The minimum Gasteiger partial charge on any atom is -0.460 e. The number of carbonyl (C=O) groups is 1. The summed E-state index contributed by atoms with van der Waals surface area (Å²) in [5, 5.41) is 4.23. The van der Waals surface area contributed by atoms with Gasteiger partial charge < -0.3 is 10.1 Å². The molecule has 0 aliphatic heterocycles. The summed E-state index contributed by atoms with van der Waals surface area (Å²) in [5.74, 6) is 0.228. The first-order valence-corrected chi connectivity index (χ1v) is 9.74. The zero-order chi connectivity index (χ0) is 18.4. The molecule has 0 aliphatic carbocycles. The third kappa shape index (κ3) is 4.32. The third-order valence-electron chi connectivity index (χ3n) is 3.93. The van der Waals surface area contributed by atoms with E-state index in [1.165, 1.54) is 10.5 Å². The number of thioether (sulfide) groups is 1. The van der Waals surface area contributed by atoms with Crippen molar-refractivity contribution in [3.8, 4) is 0 Å². The van der Waals surface area contributed by atoms with Crippen LogP contribution in [0.25, 0.3) is 10.9 Å². The second-order valence-corrected chi connectivity index (χ2v) is 6.54. The molecule has 0 spiro atoms. The molecular formula is C20H21N3O2S. The Morgan fingerprint density at radius 3 is 2.62 bits per heavy atom. The molecule has 0 aliphatic rings. The molecule has 26 heavy (non-hydrogen) atoms. The first-order chi connectivity index (χ1) is 12.7. The van der Waals surface area contributed by atoms with Crippen LogP contribution in [-0.4, -0.2) is 35.3 Å². The molecule has 1 heterocycles. The van der Waals surface area contributed by atoms with E-state index in [0.717, 1.165) is 17.3 Å². The lowest BCUT2D eigenvalue weighted by Crippen LogP contribution is -2.13. The molecule has 6 heteroatoms. The maximum Gasteiger partial charge on any atom is 0.376 e. The molecule has 0 radical (unpaired) electrons. The van der Waals surface area contributed by atoms with Gasteiger partial charge in [0.05, 0.1) is 12.1 Å². The van der Waals surface area contributed by atoms with Crippen molar-refractivity contribution in [3.63, 3.8) is 0 Å². The quantitative estimate of drug-likeness (QED) is 0.499. The topological polar surface area (TPSA) is 64.1 Å². The number of esters is 1. The summed E-state index contributed by atoms with van der Waals surface area (Å²) in [5.41, 5.74) is 1.97. The van der Waals surface area contributed by atoms with E-state index >= 15 is 0 Å². The van der Waals surface area contributed by atoms with E-state index < -0.39 is 5.97 Å². The lowest BCUT2D eigenvalue weighted by atomic mass is 10.1. The number of hydrogen-bond acceptors (Lipinski definition) is 6. The Morgan fingerprint density at radius 1 is 1.12 bits per heavy atom. The highest BCUT2D eigenvalue weighted by molar-refractivity contribution is 7.98. The number of benzene rings is 2. The van der Waals surface area contributed by atoms with Crippen molar-refractivity contribution in [3.05, 3.63) is 59.9 Å². The minimum atomic E-state index is -0.506. The summed E-state index contributed by atoms with van der Waals surface area (Å²) in [6.07, 6.45) is 2.93. The first-order valence-electron chi connectivity index (χ1n) is 8.52. The van der Waals surface area contributed by atoms with Gasteiger partial charge in [-0.15, -0.1) is 11.8 Å². The van der Waals surface area contributed by atoms with E-state index in [4.69, 9.17) is 4.74 Å². The van der Waals surface area contributed by atoms with Crippen molar-refractivity contribution in [1.82, 2.24) is 9.97 Å². The first kappa shape index (κ1) is 18.2. The van der Waals surface area contributed by atoms with Crippen LogP contribution in [0.15, 0.2) is 53.4 Å². The van der Waals surface area contributed by atoms with Crippen LogP contribution >= 0.6 is 11.8 Å². The molecule has 0 saturated heterocycles. The van der Waals surface area contributed by atoms with Gasteiger partial charge in [0.1, 0.15) is 5.82 Å². The summed E-state index contributed by atoms with van der Waals surface area (Å²) < 4.78 is 5.03. The normalized spacial score (nSPS) is 10.7. The second-order valence-electron chi connectivity index (χ2n) is 5.66. The van der Waals surface area contributed by atoms with Gasteiger partial charge in [-0.1, -0.05) is 24.3 Å². The van der Waals surface area contributed by atoms with Crippen LogP contribution < -0.4 is 5.32 Å². The van der Waals surface area contributed by atoms with Crippen molar-refractivity contribution in [2.75, 3.05) is 24.7 Å². The molecular weight excluding hydrogens is 346 g/mol. The summed E-state index contributed by atoms with van der Waals surface area (Å²) in [6, 6.07) is 16.2. The van der Waals surface area contributed by atoms with Gasteiger partial charge in [-0.2, -0.15) is 0 Å². The number of ether oxygens (including phenoxy) is 1. The molecule has 0 fully saturated rings. The smallest absolute Gasteiger partial charge is 0.376 e. The van der Waals surface area contributed by atoms with Crippen LogP contribution in [0, 0.1) is 0 Å². The number of anilines is 1. The summed E-state index contributed by atoms with van der Waals surface area (Å²) >= 11 is 1.73. The summed E-state index contributed by atoms with van der Waals surface area (Å²) in [6.45, 7) is 2.77. The fourth-order valence-corrected chi connectivity index (χ4v) is 3.02. The number of rotatable bonds is 7. The molecule has 1 N–H and O–H groups in total.